The van der Waals surface area contributed by atoms with Gasteiger partial charge < -0.3 is 9.72 Å². The van der Waals surface area contributed by atoms with E-state index in [1.165, 1.54) is 31.3 Å². The summed E-state index contributed by atoms with van der Waals surface area (Å²) in [6, 6.07) is 10.3. The first-order chi connectivity index (χ1) is 19.2. The van der Waals surface area contributed by atoms with Crippen molar-refractivity contribution in [2.75, 3.05) is 26.2 Å². The molecular weight excluding hydrogens is 497 g/mol. The van der Waals surface area contributed by atoms with Gasteiger partial charge in [-0.25, -0.2) is 24.3 Å². The quantitative estimate of drug-likeness (QED) is 0.312. The van der Waals surface area contributed by atoms with Gasteiger partial charge in [0.15, 0.2) is 11.5 Å². The lowest BCUT2D eigenvalue weighted by Gasteiger charge is -2.15. The number of imidazole rings is 1. The van der Waals surface area contributed by atoms with E-state index in [0.717, 1.165) is 41.9 Å². The molecule has 0 spiro atoms. The second-order valence-electron chi connectivity index (χ2n) is 9.51. The van der Waals surface area contributed by atoms with E-state index in [1.807, 2.05) is 24.3 Å². The summed E-state index contributed by atoms with van der Waals surface area (Å²) in [5, 5.41) is 7.50. The van der Waals surface area contributed by atoms with Crippen LogP contribution in [0.1, 0.15) is 12.8 Å². The van der Waals surface area contributed by atoms with Crippen molar-refractivity contribution in [3.05, 3.63) is 67.1 Å². The number of rotatable bonds is 7. The van der Waals surface area contributed by atoms with Crippen LogP contribution < -0.4 is 4.74 Å². The van der Waals surface area contributed by atoms with E-state index in [-0.39, 0.29) is 0 Å². The average Bonchev–Trinajstić information content (AvgIpc) is 3.72. The van der Waals surface area contributed by atoms with Gasteiger partial charge in [-0.15, -0.1) is 0 Å². The van der Waals surface area contributed by atoms with Crippen LogP contribution in [-0.2, 0) is 0 Å². The lowest BCUT2D eigenvalue weighted by Crippen LogP contribution is -2.25. The summed E-state index contributed by atoms with van der Waals surface area (Å²) in [6.07, 6.45) is 9.02. The van der Waals surface area contributed by atoms with E-state index in [2.05, 4.69) is 35.0 Å². The van der Waals surface area contributed by atoms with Gasteiger partial charge in [-0.05, 0) is 56.3 Å². The largest absolute Gasteiger partial charge is 0.492 e. The van der Waals surface area contributed by atoms with Crippen molar-refractivity contribution < 1.29 is 9.13 Å². The van der Waals surface area contributed by atoms with Crippen molar-refractivity contribution in [2.24, 2.45) is 0 Å². The lowest BCUT2D eigenvalue weighted by atomic mass is 10.1. The fourth-order valence-electron chi connectivity index (χ4n) is 5.00. The van der Waals surface area contributed by atoms with Gasteiger partial charge in [-0.2, -0.15) is 5.10 Å². The fourth-order valence-corrected chi connectivity index (χ4v) is 5.00. The minimum Gasteiger partial charge on any atom is -0.492 e. The Bertz CT molecular complexity index is 1780. The SMILES string of the molecule is Fc1cc(OCCN2CCCC2)cc(-c2nccc3[nH]c(-c4n[nH]c5ccc(-c6cncnc6)nc45)nc23)c1. The molecule has 6 aromatic rings. The van der Waals surface area contributed by atoms with Crippen molar-refractivity contribution in [3.63, 3.8) is 0 Å². The predicted octanol–water partition coefficient (Wildman–Crippen LogP) is 4.63. The van der Waals surface area contributed by atoms with Crippen molar-refractivity contribution in [1.29, 1.82) is 0 Å². The molecule has 10 nitrogen and oxygen atoms in total. The van der Waals surface area contributed by atoms with Crippen molar-refractivity contribution in [2.45, 2.75) is 12.8 Å². The highest BCUT2D eigenvalue weighted by Gasteiger charge is 2.18. The zero-order valence-electron chi connectivity index (χ0n) is 20.9. The molecule has 0 radical (unpaired) electrons. The maximum atomic E-state index is 14.6. The molecule has 1 aliphatic rings. The molecule has 2 N–H and O–H groups in total. The van der Waals surface area contributed by atoms with Crippen LogP contribution >= 0.6 is 0 Å². The molecule has 0 atom stereocenters. The van der Waals surface area contributed by atoms with Gasteiger partial charge in [0.25, 0.3) is 0 Å². The summed E-state index contributed by atoms with van der Waals surface area (Å²) in [4.78, 5) is 28.0. The number of nitrogens with zero attached hydrogens (tertiary/aromatic N) is 7. The highest BCUT2D eigenvalue weighted by atomic mass is 19.1. The molecule has 194 valence electrons. The number of fused-ring (bicyclic) bond motifs is 2. The van der Waals surface area contributed by atoms with Crippen molar-refractivity contribution >= 4 is 22.1 Å². The number of pyridine rings is 2. The highest BCUT2D eigenvalue weighted by Crippen LogP contribution is 2.32. The molecular formula is C28H24FN9O. The third kappa shape index (κ3) is 4.57. The van der Waals surface area contributed by atoms with Crippen LogP contribution in [0.5, 0.6) is 5.75 Å². The predicted molar refractivity (Wildman–Crippen MR) is 144 cm³/mol. The zero-order valence-corrected chi connectivity index (χ0v) is 20.9. The normalized spacial score (nSPS) is 14.0. The number of hydrogen-bond donors (Lipinski definition) is 2. The smallest absolute Gasteiger partial charge is 0.161 e. The van der Waals surface area contributed by atoms with Gasteiger partial charge in [-0.3, -0.25) is 15.0 Å². The zero-order chi connectivity index (χ0) is 26.2. The Morgan fingerprint density at radius 3 is 2.62 bits per heavy atom. The molecule has 1 aliphatic heterocycles. The van der Waals surface area contributed by atoms with Crippen molar-refractivity contribution in [1.82, 2.24) is 45.0 Å². The molecule has 11 heteroatoms. The first kappa shape index (κ1) is 23.4. The first-order valence-corrected chi connectivity index (χ1v) is 12.8. The van der Waals surface area contributed by atoms with Crippen LogP contribution in [0, 0.1) is 5.82 Å². The first-order valence-electron chi connectivity index (χ1n) is 12.8. The van der Waals surface area contributed by atoms with E-state index >= 15 is 0 Å². The summed E-state index contributed by atoms with van der Waals surface area (Å²) in [5.41, 5.74) is 6.00. The lowest BCUT2D eigenvalue weighted by molar-refractivity contribution is 0.237. The molecule has 0 bridgehead atoms. The summed E-state index contributed by atoms with van der Waals surface area (Å²) >= 11 is 0. The van der Waals surface area contributed by atoms with Crippen LogP contribution in [0.4, 0.5) is 4.39 Å². The number of aromatic amines is 2. The van der Waals surface area contributed by atoms with Gasteiger partial charge in [0.2, 0.25) is 0 Å². The maximum Gasteiger partial charge on any atom is 0.161 e. The fraction of sp³-hybridized carbons (Fsp3) is 0.214. The number of halogens is 1. The van der Waals surface area contributed by atoms with E-state index in [1.54, 1.807) is 18.6 Å². The minimum absolute atomic E-state index is 0.391. The van der Waals surface area contributed by atoms with Crippen LogP contribution in [0.3, 0.4) is 0 Å². The number of H-pyrrole nitrogens is 2. The number of benzene rings is 1. The standard InChI is InChI=1S/C28H24FN9O/c29-19-11-17(12-20(13-19)39-10-9-38-7-1-2-8-38)24-25-22(5-6-32-24)34-28(35-25)27-26-23(36-37-27)4-3-21(33-26)18-14-30-16-31-15-18/h3-6,11-16H,1-2,7-10H2,(H,34,35)(H,36,37). The van der Waals surface area contributed by atoms with Crippen LogP contribution in [0.15, 0.2) is 61.3 Å². The van der Waals surface area contributed by atoms with E-state index in [4.69, 9.17) is 14.7 Å². The Hall–Kier alpha value is -4.77. The molecule has 0 unspecified atom stereocenters. The van der Waals surface area contributed by atoms with E-state index in [9.17, 15) is 4.39 Å². The van der Waals surface area contributed by atoms with Crippen LogP contribution in [0.25, 0.3) is 56.1 Å². The second kappa shape index (κ2) is 9.84. The summed E-state index contributed by atoms with van der Waals surface area (Å²) in [7, 11) is 0. The van der Waals surface area contributed by atoms with Gasteiger partial charge in [0.05, 0.1) is 22.4 Å². The van der Waals surface area contributed by atoms with Crippen molar-refractivity contribution in [3.8, 4) is 39.8 Å². The molecule has 0 aliphatic carbocycles. The monoisotopic (exact) mass is 521 g/mol. The summed E-state index contributed by atoms with van der Waals surface area (Å²) in [6.45, 7) is 3.51. The maximum absolute atomic E-state index is 14.6. The van der Waals surface area contributed by atoms with Crippen LogP contribution in [-0.4, -0.2) is 71.2 Å². The second-order valence-corrected chi connectivity index (χ2v) is 9.51. The molecule has 1 fully saturated rings. The number of likely N-dealkylation sites (tertiary alicyclic amines) is 1. The Morgan fingerprint density at radius 2 is 1.74 bits per heavy atom. The molecule has 0 saturated carbocycles. The summed E-state index contributed by atoms with van der Waals surface area (Å²) < 4.78 is 20.6. The van der Waals surface area contributed by atoms with Gasteiger partial charge in [-0.1, -0.05) is 0 Å². The van der Waals surface area contributed by atoms with Gasteiger partial charge in [0.1, 0.15) is 35.5 Å². The topological polar surface area (TPSA) is 121 Å². The Balaban J connectivity index is 1.23. The number of aromatic nitrogens is 8. The number of ether oxygens (including phenoxy) is 1. The molecule has 39 heavy (non-hydrogen) atoms. The van der Waals surface area contributed by atoms with Crippen LogP contribution in [0.2, 0.25) is 0 Å². The molecule has 1 saturated heterocycles. The third-order valence-electron chi connectivity index (χ3n) is 6.91. The number of nitrogens with one attached hydrogen (secondary N) is 2. The molecule has 0 amide bonds. The number of hydrogen-bond acceptors (Lipinski definition) is 8. The molecule has 5 aromatic heterocycles. The third-order valence-corrected chi connectivity index (χ3v) is 6.91. The Morgan fingerprint density at radius 1 is 0.897 bits per heavy atom. The molecule has 6 heterocycles. The van der Waals surface area contributed by atoms with E-state index in [0.29, 0.717) is 46.2 Å². The highest BCUT2D eigenvalue weighted by molar-refractivity contribution is 5.95. The Labute approximate surface area is 222 Å². The molecule has 7 rings (SSSR count). The van der Waals surface area contributed by atoms with Gasteiger partial charge >= 0.3 is 0 Å². The summed E-state index contributed by atoms with van der Waals surface area (Å²) in [5.74, 6) is 0.606. The Kier molecular flexibility index (Phi) is 5.89. The minimum atomic E-state index is -0.391. The molecule has 1 aromatic carbocycles. The van der Waals surface area contributed by atoms with E-state index < -0.39 is 5.82 Å². The average molecular weight is 522 g/mol. The van der Waals surface area contributed by atoms with Gasteiger partial charge in [0, 0.05) is 42.3 Å².